The molecule has 30 heavy (non-hydrogen) atoms. The molecule has 3 heterocycles. The summed E-state index contributed by atoms with van der Waals surface area (Å²) in [6, 6.07) is 14.7. The maximum absolute atomic E-state index is 13.8. The molecule has 0 bridgehead atoms. The average Bonchev–Trinajstić information content (AvgIpc) is 3.57. The summed E-state index contributed by atoms with van der Waals surface area (Å²) >= 11 is 1.62. The Kier molecular flexibility index (Phi) is 5.79. The first-order valence-corrected chi connectivity index (χ1v) is 11.8. The van der Waals surface area contributed by atoms with Crippen LogP contribution in [0.3, 0.4) is 0 Å². The van der Waals surface area contributed by atoms with Crippen molar-refractivity contribution in [2.45, 2.75) is 37.8 Å². The molecular weight excluding hydrogens is 392 g/mol. The zero-order valence-corrected chi connectivity index (χ0v) is 18.0. The first-order valence-electron chi connectivity index (χ1n) is 11.0. The van der Waals surface area contributed by atoms with Crippen molar-refractivity contribution >= 4 is 17.1 Å². The fourth-order valence-corrected chi connectivity index (χ4v) is 5.70. The van der Waals surface area contributed by atoms with E-state index in [4.69, 9.17) is 0 Å². The lowest BCUT2D eigenvalue weighted by atomic mass is 9.99. The van der Waals surface area contributed by atoms with Gasteiger partial charge in [0.25, 0.3) is 0 Å². The Balaban J connectivity index is 1.41. The van der Waals surface area contributed by atoms with Crippen LogP contribution in [0.4, 0.5) is 0 Å². The maximum atomic E-state index is 13.8. The maximum Gasteiger partial charge on any atom is 0.220 e. The van der Waals surface area contributed by atoms with Gasteiger partial charge in [-0.05, 0) is 35.9 Å². The first-order chi connectivity index (χ1) is 14.8. The Morgan fingerprint density at radius 2 is 1.77 bits per heavy atom. The van der Waals surface area contributed by atoms with Crippen LogP contribution in [0, 0.1) is 0 Å². The van der Waals surface area contributed by atoms with Gasteiger partial charge >= 0.3 is 0 Å². The van der Waals surface area contributed by atoms with Crippen molar-refractivity contribution in [1.29, 1.82) is 0 Å². The van der Waals surface area contributed by atoms with Crippen LogP contribution in [0.15, 0.2) is 60.2 Å². The summed E-state index contributed by atoms with van der Waals surface area (Å²) in [5.41, 5.74) is 1.05. The molecule has 1 saturated carbocycles. The summed E-state index contributed by atoms with van der Waals surface area (Å²) in [6.45, 7) is 3.92. The van der Waals surface area contributed by atoms with Crippen molar-refractivity contribution in [3.05, 3.63) is 71.6 Å². The van der Waals surface area contributed by atoms with E-state index >= 15 is 0 Å². The molecule has 0 N–H and O–H groups in total. The molecular formula is C24H28N4OS. The topological polar surface area (TPSA) is 41.4 Å². The molecule has 0 amide bonds. The number of hydrogen-bond donors (Lipinski definition) is 0. The van der Waals surface area contributed by atoms with E-state index in [9.17, 15) is 4.79 Å². The van der Waals surface area contributed by atoms with Crippen LogP contribution in [0.5, 0.6) is 0 Å². The minimum atomic E-state index is -0.293. The minimum Gasteiger partial charge on any atom is -0.298 e. The van der Waals surface area contributed by atoms with Gasteiger partial charge in [0.1, 0.15) is 11.0 Å². The molecule has 1 aliphatic heterocycles. The number of hydrogen-bond acceptors (Lipinski definition) is 5. The smallest absolute Gasteiger partial charge is 0.220 e. The summed E-state index contributed by atoms with van der Waals surface area (Å²) in [6.07, 6.45) is 9.01. The van der Waals surface area contributed by atoms with E-state index in [2.05, 4.69) is 26.9 Å². The summed E-state index contributed by atoms with van der Waals surface area (Å²) in [5, 5.41) is 3.05. The number of ketones is 1. The summed E-state index contributed by atoms with van der Waals surface area (Å²) in [7, 11) is 0. The monoisotopic (exact) mass is 420 g/mol. The molecule has 5 rings (SSSR count). The molecule has 1 aliphatic carbocycles. The van der Waals surface area contributed by atoms with E-state index in [1.807, 2.05) is 46.5 Å². The van der Waals surface area contributed by atoms with Gasteiger partial charge < -0.3 is 0 Å². The number of aromatic nitrogens is 2. The van der Waals surface area contributed by atoms with Gasteiger partial charge in [0.05, 0.1) is 0 Å². The second-order valence-electron chi connectivity index (χ2n) is 8.26. The van der Waals surface area contributed by atoms with E-state index in [0.29, 0.717) is 5.82 Å². The Morgan fingerprint density at radius 3 is 2.47 bits per heavy atom. The largest absolute Gasteiger partial charge is 0.298 e. The Labute approximate surface area is 182 Å². The Hall–Kier alpha value is -2.28. The van der Waals surface area contributed by atoms with Gasteiger partial charge in [-0.2, -0.15) is 0 Å². The van der Waals surface area contributed by atoms with Gasteiger partial charge in [-0.1, -0.05) is 43.2 Å². The van der Waals surface area contributed by atoms with Crippen molar-refractivity contribution in [3.63, 3.8) is 0 Å². The number of piperazine rings is 1. The molecule has 0 unspecified atom stereocenters. The zero-order valence-electron chi connectivity index (χ0n) is 17.2. The van der Waals surface area contributed by atoms with Gasteiger partial charge in [0, 0.05) is 44.6 Å². The van der Waals surface area contributed by atoms with Gasteiger partial charge in [0.2, 0.25) is 5.78 Å². The fraction of sp³-hybridized carbons (Fsp3) is 0.417. The lowest BCUT2D eigenvalue weighted by molar-refractivity contribution is 0.0556. The molecule has 0 radical (unpaired) electrons. The molecule has 1 aromatic carbocycles. The van der Waals surface area contributed by atoms with E-state index in [-0.39, 0.29) is 11.8 Å². The van der Waals surface area contributed by atoms with Crippen molar-refractivity contribution in [2.75, 3.05) is 26.2 Å². The second kappa shape index (κ2) is 8.84. The lowest BCUT2D eigenvalue weighted by Gasteiger charge is -2.41. The number of carbonyl (C=O) groups excluding carboxylic acids is 1. The average molecular weight is 421 g/mol. The van der Waals surface area contributed by atoms with Crippen molar-refractivity contribution < 1.29 is 4.79 Å². The van der Waals surface area contributed by atoms with E-state index in [1.54, 1.807) is 17.5 Å². The third kappa shape index (κ3) is 3.87. The van der Waals surface area contributed by atoms with E-state index in [1.165, 1.54) is 25.7 Å². The number of Topliss-reactive ketones (excluding diaryl/α,β-unsaturated/α-hetero) is 1. The predicted octanol–water partition coefficient (Wildman–Crippen LogP) is 4.42. The van der Waals surface area contributed by atoms with Gasteiger partial charge in [-0.3, -0.25) is 19.2 Å². The molecule has 5 nitrogen and oxygen atoms in total. The van der Waals surface area contributed by atoms with Gasteiger partial charge in [-0.15, -0.1) is 11.3 Å². The number of carbonyl (C=O) groups is 1. The van der Waals surface area contributed by atoms with Crippen LogP contribution >= 0.6 is 11.3 Å². The molecule has 1 atom stereocenters. The van der Waals surface area contributed by atoms with Crippen LogP contribution in [-0.2, 0) is 0 Å². The van der Waals surface area contributed by atoms with Gasteiger partial charge in [-0.25, -0.2) is 4.98 Å². The quantitative estimate of drug-likeness (QED) is 0.554. The van der Waals surface area contributed by atoms with Crippen molar-refractivity contribution in [1.82, 2.24) is 19.4 Å². The van der Waals surface area contributed by atoms with Crippen LogP contribution < -0.4 is 0 Å². The third-order valence-electron chi connectivity index (χ3n) is 6.52. The molecule has 2 fully saturated rings. The van der Waals surface area contributed by atoms with E-state index < -0.39 is 0 Å². The molecule has 156 valence electrons. The number of imidazole rings is 1. The highest BCUT2D eigenvalue weighted by Gasteiger charge is 2.35. The van der Waals surface area contributed by atoms with Crippen LogP contribution in [0.2, 0.25) is 0 Å². The lowest BCUT2D eigenvalue weighted by Crippen LogP contribution is -2.51. The highest BCUT2D eigenvalue weighted by Crippen LogP contribution is 2.30. The number of nitrogens with zero attached hydrogens (tertiary/aromatic N) is 4. The highest BCUT2D eigenvalue weighted by molar-refractivity contribution is 7.12. The van der Waals surface area contributed by atoms with Crippen LogP contribution in [0.1, 0.15) is 47.9 Å². The first kappa shape index (κ1) is 19.7. The highest BCUT2D eigenvalue weighted by atomic mass is 32.1. The Bertz CT molecular complexity index is 954. The van der Waals surface area contributed by atoms with E-state index in [0.717, 1.165) is 42.8 Å². The molecule has 1 saturated heterocycles. The summed E-state index contributed by atoms with van der Waals surface area (Å²) < 4.78 is 1.93. The predicted molar refractivity (Wildman–Crippen MR) is 120 cm³/mol. The zero-order chi connectivity index (χ0) is 20.3. The van der Waals surface area contributed by atoms with Crippen LogP contribution in [-0.4, -0.2) is 57.4 Å². The van der Waals surface area contributed by atoms with Gasteiger partial charge in [0.15, 0.2) is 5.82 Å². The third-order valence-corrected chi connectivity index (χ3v) is 7.39. The standard InChI is InChI=1S/C24H28N4OS/c29-23(24-25-12-13-28(24)21-11-6-18-30-21)22(19-7-2-1-3-8-19)27-16-14-26(15-17-27)20-9-4-5-10-20/h1-3,6-8,11-13,18,20,22H,4-5,9-10,14-17H2/t22-/m0/s1. The fourth-order valence-electron chi connectivity index (χ4n) is 4.99. The summed E-state index contributed by atoms with van der Waals surface area (Å²) in [5.74, 6) is 0.596. The molecule has 2 aliphatic rings. The molecule has 0 spiro atoms. The molecule has 6 heteroatoms. The van der Waals surface area contributed by atoms with Crippen molar-refractivity contribution in [3.8, 4) is 5.00 Å². The number of rotatable bonds is 6. The second-order valence-corrected chi connectivity index (χ2v) is 9.19. The number of benzene rings is 1. The number of thiophene rings is 1. The summed E-state index contributed by atoms with van der Waals surface area (Å²) in [4.78, 5) is 23.3. The minimum absolute atomic E-state index is 0.0777. The van der Waals surface area contributed by atoms with Crippen LogP contribution in [0.25, 0.3) is 5.00 Å². The molecule has 3 aromatic rings. The molecule has 2 aromatic heterocycles. The van der Waals surface area contributed by atoms with Crippen molar-refractivity contribution in [2.24, 2.45) is 0 Å². The Morgan fingerprint density at radius 1 is 1.00 bits per heavy atom. The SMILES string of the molecule is O=C(c1nccn1-c1cccs1)[C@H](c1ccccc1)N1CCN(C2CCCC2)CC1. The normalized spacial score (nSPS) is 19.9.